The molecule has 0 aromatic heterocycles. The van der Waals surface area contributed by atoms with E-state index in [1.165, 1.54) is 33.4 Å². The number of aryl methyl sites for hydroxylation is 1. The van der Waals surface area contributed by atoms with Crippen molar-refractivity contribution in [3.8, 4) is 0 Å². The van der Waals surface area contributed by atoms with Crippen molar-refractivity contribution in [2.24, 2.45) is 9.85 Å². The topological polar surface area (TPSA) is 34.4 Å². The Hall–Kier alpha value is -3.14. The average Bonchev–Trinajstić information content (AvgIpc) is 3.35. The average molecular weight is 512 g/mol. The molecule has 2 aliphatic heterocycles. The van der Waals surface area contributed by atoms with Crippen molar-refractivity contribution in [3.05, 3.63) is 100 Å². The maximum Gasteiger partial charge on any atom is 0.179 e. The van der Waals surface area contributed by atoms with Crippen molar-refractivity contribution in [2.45, 2.75) is 47.0 Å². The van der Waals surface area contributed by atoms with Gasteiger partial charge in [-0.15, -0.1) is 0 Å². The lowest BCUT2D eigenvalue weighted by Gasteiger charge is -2.41. The molecule has 6 heteroatoms. The third-order valence-electron chi connectivity index (χ3n) is 7.92. The van der Waals surface area contributed by atoms with Crippen LogP contribution in [0.15, 0.2) is 93.7 Å². The summed E-state index contributed by atoms with van der Waals surface area (Å²) in [4.78, 5) is 2.38. The molecule has 1 unspecified atom stereocenters. The molecule has 2 aliphatic rings. The lowest BCUT2D eigenvalue weighted by molar-refractivity contribution is 0.501. The molecule has 0 spiro atoms. The highest BCUT2D eigenvalue weighted by Crippen LogP contribution is 2.70. The molecule has 5 rings (SSSR count). The molecule has 3 aromatic carbocycles. The van der Waals surface area contributed by atoms with Crippen molar-refractivity contribution in [1.29, 1.82) is 0 Å². The largest absolute Gasteiger partial charge is 0.346 e. The van der Waals surface area contributed by atoms with Gasteiger partial charge in [0.15, 0.2) is 7.36 Å². The number of fused-ring (bicyclic) bond motifs is 1. The van der Waals surface area contributed by atoms with E-state index >= 15 is 0 Å². The van der Waals surface area contributed by atoms with Crippen LogP contribution in [0.1, 0.15) is 44.4 Å². The van der Waals surface area contributed by atoms with Crippen LogP contribution in [0.3, 0.4) is 0 Å². The standard InChI is InChI=1S/C31H38N5P/c1-8-35(9-2)37(33-27-20-15-16-23(3)24(27)4)29(22-32-36(37)25-17-11-10-12-18-25)30-31(5,6)26-19-13-14-21-28(26)34(30)7/h10-22H,8-9H2,1-7H3. The number of anilines is 2. The first-order valence-corrected chi connectivity index (χ1v) is 14.8. The van der Waals surface area contributed by atoms with Gasteiger partial charge in [0.05, 0.1) is 22.9 Å². The predicted octanol–water partition coefficient (Wildman–Crippen LogP) is 8.45. The smallest absolute Gasteiger partial charge is 0.179 e. The van der Waals surface area contributed by atoms with Crippen LogP contribution in [0.5, 0.6) is 0 Å². The van der Waals surface area contributed by atoms with Crippen LogP contribution in [-0.4, -0.2) is 31.0 Å². The fraction of sp³-hybridized carbons (Fsp3) is 0.323. The van der Waals surface area contributed by atoms with Crippen LogP contribution in [0.25, 0.3) is 0 Å². The number of hydrogen-bond donors (Lipinski definition) is 0. The summed E-state index contributed by atoms with van der Waals surface area (Å²) in [5, 5.41) is 6.38. The van der Waals surface area contributed by atoms with Crippen molar-refractivity contribution in [2.75, 3.05) is 29.8 Å². The van der Waals surface area contributed by atoms with Gasteiger partial charge in [0.2, 0.25) is 0 Å². The highest BCUT2D eigenvalue weighted by atomic mass is 31.2. The predicted molar refractivity (Wildman–Crippen MR) is 160 cm³/mol. The van der Waals surface area contributed by atoms with Gasteiger partial charge in [-0.25, -0.2) is 14.2 Å². The van der Waals surface area contributed by atoms with Gasteiger partial charge in [0.1, 0.15) is 0 Å². The van der Waals surface area contributed by atoms with E-state index in [1.807, 2.05) is 0 Å². The number of allylic oxidation sites excluding steroid dienone is 2. The lowest BCUT2D eigenvalue weighted by Crippen LogP contribution is -2.31. The van der Waals surface area contributed by atoms with Crippen molar-refractivity contribution in [3.63, 3.8) is 0 Å². The quantitative estimate of drug-likeness (QED) is 0.322. The van der Waals surface area contributed by atoms with E-state index in [-0.39, 0.29) is 5.41 Å². The third kappa shape index (κ3) is 3.88. The van der Waals surface area contributed by atoms with Crippen molar-refractivity contribution < 1.29 is 0 Å². The first-order valence-electron chi connectivity index (χ1n) is 13.2. The fourth-order valence-electron chi connectivity index (χ4n) is 5.85. The Labute approximate surface area is 222 Å². The number of nitrogens with zero attached hydrogens (tertiary/aromatic N) is 5. The zero-order valence-corrected chi connectivity index (χ0v) is 24.0. The van der Waals surface area contributed by atoms with Gasteiger partial charge in [-0.2, -0.15) is 5.10 Å². The molecule has 37 heavy (non-hydrogen) atoms. The van der Waals surface area contributed by atoms with Gasteiger partial charge in [-0.1, -0.05) is 76.2 Å². The summed E-state index contributed by atoms with van der Waals surface area (Å²) in [6.07, 6.45) is 2.10. The molecule has 0 aliphatic carbocycles. The van der Waals surface area contributed by atoms with Crippen LogP contribution in [-0.2, 0) is 5.41 Å². The zero-order chi connectivity index (χ0) is 26.4. The minimum atomic E-state index is -2.56. The molecule has 192 valence electrons. The molecular weight excluding hydrogens is 473 g/mol. The second-order valence-corrected chi connectivity index (χ2v) is 13.1. The third-order valence-corrected chi connectivity index (χ3v) is 11.6. The van der Waals surface area contributed by atoms with E-state index in [4.69, 9.17) is 9.85 Å². The summed E-state index contributed by atoms with van der Waals surface area (Å²) in [5.74, 6) is 0. The van der Waals surface area contributed by atoms with Gasteiger partial charge in [-0.05, 0) is 54.8 Å². The Kier molecular flexibility index (Phi) is 6.64. The Morgan fingerprint density at radius 2 is 1.57 bits per heavy atom. The summed E-state index contributed by atoms with van der Waals surface area (Å²) in [6.45, 7) is 15.3. The first kappa shape index (κ1) is 25.5. The summed E-state index contributed by atoms with van der Waals surface area (Å²) < 4.78 is 10.6. The Bertz CT molecular complexity index is 1430. The second kappa shape index (κ2) is 9.63. The normalized spacial score (nSPS) is 22.2. The molecule has 0 saturated carbocycles. The fourth-order valence-corrected chi connectivity index (χ4v) is 9.80. The highest BCUT2D eigenvalue weighted by Gasteiger charge is 2.49. The minimum absolute atomic E-state index is 0.186. The first-order chi connectivity index (χ1) is 17.8. The molecule has 0 amide bonds. The Balaban J connectivity index is 1.91. The minimum Gasteiger partial charge on any atom is -0.346 e. The van der Waals surface area contributed by atoms with Crippen LogP contribution in [0.2, 0.25) is 0 Å². The number of hydrazone groups is 1. The number of likely N-dealkylation sites (N-methyl/N-ethyl adjacent to an activating group) is 1. The number of hydrogen-bond acceptors (Lipinski definition) is 3. The number of benzene rings is 3. The van der Waals surface area contributed by atoms with E-state index < -0.39 is 7.36 Å². The summed E-state index contributed by atoms with van der Waals surface area (Å²) in [6, 6.07) is 25.8. The highest BCUT2D eigenvalue weighted by molar-refractivity contribution is 7.71. The van der Waals surface area contributed by atoms with Gasteiger partial charge >= 0.3 is 0 Å². The molecule has 0 saturated heterocycles. The molecule has 0 fully saturated rings. The molecule has 0 radical (unpaired) electrons. The van der Waals surface area contributed by atoms with Crippen LogP contribution in [0.4, 0.5) is 17.1 Å². The van der Waals surface area contributed by atoms with Crippen molar-refractivity contribution in [1.82, 2.24) is 4.67 Å². The number of rotatable bonds is 5. The molecule has 0 bridgehead atoms. The van der Waals surface area contributed by atoms with Crippen molar-refractivity contribution >= 4 is 30.6 Å². The Morgan fingerprint density at radius 1 is 0.892 bits per heavy atom. The molecule has 3 aromatic rings. The summed E-state index contributed by atoms with van der Waals surface area (Å²) >= 11 is 0. The van der Waals surface area contributed by atoms with E-state index in [9.17, 15) is 0 Å². The van der Waals surface area contributed by atoms with Crippen LogP contribution < -0.4 is 9.68 Å². The zero-order valence-electron chi connectivity index (χ0n) is 23.1. The van der Waals surface area contributed by atoms with E-state index in [0.29, 0.717) is 0 Å². The summed E-state index contributed by atoms with van der Waals surface area (Å²) in [5.41, 5.74) is 8.29. The molecular formula is C31H38N5P. The molecule has 2 heterocycles. The summed E-state index contributed by atoms with van der Waals surface area (Å²) in [7, 11) is -0.357. The van der Waals surface area contributed by atoms with Gasteiger partial charge in [0, 0.05) is 36.9 Å². The number of para-hydroxylation sites is 2. The van der Waals surface area contributed by atoms with E-state index in [0.717, 1.165) is 24.5 Å². The molecule has 1 atom stereocenters. The van der Waals surface area contributed by atoms with E-state index in [1.54, 1.807) is 0 Å². The maximum absolute atomic E-state index is 5.79. The van der Waals surface area contributed by atoms with Crippen LogP contribution in [0, 0.1) is 13.8 Å². The van der Waals surface area contributed by atoms with Crippen LogP contribution >= 0.6 is 7.36 Å². The molecule has 5 nitrogen and oxygen atoms in total. The van der Waals surface area contributed by atoms with Gasteiger partial charge in [-0.3, -0.25) is 0 Å². The van der Waals surface area contributed by atoms with Gasteiger partial charge < -0.3 is 4.90 Å². The SMILES string of the molecule is CCN(CC)P1(=Nc2cccc(C)c2C)C(=C2N(C)c3ccccc3C2(C)C)C=NN1c1ccccc1. The van der Waals surface area contributed by atoms with Gasteiger partial charge in [0.25, 0.3) is 0 Å². The monoisotopic (exact) mass is 511 g/mol. The molecule has 0 N–H and O–H groups in total. The maximum atomic E-state index is 5.79. The van der Waals surface area contributed by atoms with E-state index in [2.05, 4.69) is 142 Å². The lowest BCUT2D eigenvalue weighted by atomic mass is 9.84. The second-order valence-electron chi connectivity index (χ2n) is 10.3. The Morgan fingerprint density at radius 3 is 2.24 bits per heavy atom.